The van der Waals surface area contributed by atoms with Crippen molar-refractivity contribution in [3.63, 3.8) is 0 Å². The van der Waals surface area contributed by atoms with E-state index in [1.54, 1.807) is 28.3 Å². The van der Waals surface area contributed by atoms with Gasteiger partial charge in [-0.05, 0) is 36.8 Å². The number of allylic oxidation sites excluding steroid dienone is 1. The minimum atomic E-state index is -0.00592. The number of aromatic nitrogens is 2. The lowest BCUT2D eigenvalue weighted by atomic mass is 10.1. The minimum Gasteiger partial charge on any atom is -0.289 e. The molecule has 0 atom stereocenters. The number of hydrogen-bond donors (Lipinski definition) is 0. The predicted molar refractivity (Wildman–Crippen MR) is 94.9 cm³/mol. The largest absolute Gasteiger partial charge is 0.289 e. The van der Waals surface area contributed by atoms with Gasteiger partial charge in [0.15, 0.2) is 5.78 Å². The summed E-state index contributed by atoms with van der Waals surface area (Å²) in [6, 6.07) is 14.6. The van der Waals surface area contributed by atoms with Crippen LogP contribution in [-0.4, -0.2) is 15.6 Å². The van der Waals surface area contributed by atoms with E-state index < -0.39 is 0 Å². The third-order valence-corrected chi connectivity index (χ3v) is 4.85. The highest BCUT2D eigenvalue weighted by molar-refractivity contribution is 7.12. The molecule has 0 amide bonds. The van der Waals surface area contributed by atoms with E-state index in [9.17, 15) is 4.79 Å². The molecule has 0 aliphatic heterocycles. The van der Waals surface area contributed by atoms with E-state index in [0.717, 1.165) is 17.0 Å². The molecule has 23 heavy (non-hydrogen) atoms. The molecule has 0 fully saturated rings. The van der Waals surface area contributed by atoms with Crippen molar-refractivity contribution in [2.75, 3.05) is 0 Å². The first kappa shape index (κ1) is 15.4. The summed E-state index contributed by atoms with van der Waals surface area (Å²) in [5.41, 5.74) is 2.84. The van der Waals surface area contributed by atoms with Crippen molar-refractivity contribution in [2.45, 2.75) is 13.3 Å². The number of carbonyl (C=O) groups is 1. The first-order valence-corrected chi connectivity index (χ1v) is 8.29. The summed E-state index contributed by atoms with van der Waals surface area (Å²) in [5, 5.41) is 4.11. The van der Waals surface area contributed by atoms with Crippen molar-refractivity contribution in [3.05, 3.63) is 81.3 Å². The summed E-state index contributed by atoms with van der Waals surface area (Å²) in [4.78, 5) is 14.6. The van der Waals surface area contributed by atoms with Gasteiger partial charge in [-0.3, -0.25) is 9.48 Å². The van der Waals surface area contributed by atoms with E-state index >= 15 is 0 Å². The van der Waals surface area contributed by atoms with E-state index in [2.05, 4.69) is 41.5 Å². The number of carbonyl (C=O) groups excluding carboxylic acids is 1. The van der Waals surface area contributed by atoms with Crippen LogP contribution in [0.15, 0.2) is 54.7 Å². The van der Waals surface area contributed by atoms with Crippen molar-refractivity contribution in [3.8, 4) is 0 Å². The molecular weight excluding hydrogens is 304 g/mol. The molecule has 116 valence electrons. The first-order valence-electron chi connectivity index (χ1n) is 7.47. The molecule has 0 radical (unpaired) electrons. The molecule has 0 unspecified atom stereocenters. The first-order chi connectivity index (χ1) is 11.1. The van der Waals surface area contributed by atoms with Crippen LogP contribution in [0, 0.1) is 6.92 Å². The maximum absolute atomic E-state index is 12.2. The van der Waals surface area contributed by atoms with Crippen LogP contribution in [0.5, 0.6) is 0 Å². The maximum Gasteiger partial charge on any atom is 0.189 e. The average molecular weight is 322 g/mol. The Labute approximate surface area is 139 Å². The van der Waals surface area contributed by atoms with Gasteiger partial charge >= 0.3 is 0 Å². The monoisotopic (exact) mass is 322 g/mol. The van der Waals surface area contributed by atoms with Crippen LogP contribution in [0.2, 0.25) is 0 Å². The van der Waals surface area contributed by atoms with Gasteiger partial charge in [-0.25, -0.2) is 0 Å². The Morgan fingerprint density at radius 3 is 2.70 bits per heavy atom. The summed E-state index contributed by atoms with van der Waals surface area (Å²) < 4.78 is 1.71. The summed E-state index contributed by atoms with van der Waals surface area (Å²) >= 11 is 1.71. The predicted octanol–water partition coefficient (Wildman–Crippen LogP) is 4.28. The maximum atomic E-state index is 12.2. The summed E-state index contributed by atoms with van der Waals surface area (Å²) in [6.45, 7) is 1.90. The van der Waals surface area contributed by atoms with Gasteiger partial charge in [0, 0.05) is 28.9 Å². The molecule has 0 N–H and O–H groups in total. The smallest absolute Gasteiger partial charge is 0.189 e. The van der Waals surface area contributed by atoms with E-state index in [-0.39, 0.29) is 5.78 Å². The summed E-state index contributed by atoms with van der Waals surface area (Å²) in [7, 11) is 1.84. The van der Waals surface area contributed by atoms with Gasteiger partial charge in [0.2, 0.25) is 0 Å². The highest BCUT2D eigenvalue weighted by atomic mass is 32.1. The van der Waals surface area contributed by atoms with Crippen molar-refractivity contribution < 1.29 is 4.79 Å². The van der Waals surface area contributed by atoms with Crippen LogP contribution in [0.25, 0.3) is 6.08 Å². The Hall–Kier alpha value is -2.46. The van der Waals surface area contributed by atoms with Crippen LogP contribution in [0.4, 0.5) is 0 Å². The van der Waals surface area contributed by atoms with Crippen molar-refractivity contribution in [1.82, 2.24) is 9.78 Å². The lowest BCUT2D eigenvalue weighted by molar-refractivity contribution is 0.104. The van der Waals surface area contributed by atoms with Crippen molar-refractivity contribution in [2.24, 2.45) is 7.05 Å². The van der Waals surface area contributed by atoms with E-state index in [1.165, 1.54) is 10.4 Å². The molecular formula is C19H18N2OS. The molecule has 0 aliphatic carbocycles. The second-order valence-electron chi connectivity index (χ2n) is 5.43. The molecule has 0 bridgehead atoms. The highest BCUT2D eigenvalue weighted by Crippen LogP contribution is 2.21. The molecule has 3 nitrogen and oxygen atoms in total. The zero-order chi connectivity index (χ0) is 16.2. The van der Waals surface area contributed by atoms with Gasteiger partial charge in [0.05, 0.1) is 11.8 Å². The van der Waals surface area contributed by atoms with E-state index in [0.29, 0.717) is 5.56 Å². The number of hydrogen-bond acceptors (Lipinski definition) is 3. The fourth-order valence-corrected chi connectivity index (χ4v) is 3.31. The summed E-state index contributed by atoms with van der Waals surface area (Å²) in [6.07, 6.45) is 6.06. The van der Waals surface area contributed by atoms with Crippen LogP contribution >= 0.6 is 11.3 Å². The number of nitrogens with zero attached hydrogens (tertiary/aromatic N) is 2. The quantitative estimate of drug-likeness (QED) is 0.519. The van der Waals surface area contributed by atoms with Gasteiger partial charge in [-0.15, -0.1) is 11.3 Å². The van der Waals surface area contributed by atoms with Crippen molar-refractivity contribution >= 4 is 23.2 Å². The Balaban J connectivity index is 1.69. The molecule has 0 spiro atoms. The number of benzene rings is 1. The van der Waals surface area contributed by atoms with Gasteiger partial charge in [0.25, 0.3) is 0 Å². The van der Waals surface area contributed by atoms with Crippen LogP contribution in [0.1, 0.15) is 31.4 Å². The van der Waals surface area contributed by atoms with E-state index in [1.807, 2.05) is 26.1 Å². The zero-order valence-electron chi connectivity index (χ0n) is 13.2. The molecule has 3 aromatic rings. The van der Waals surface area contributed by atoms with Gasteiger partial charge in [-0.2, -0.15) is 5.10 Å². The second-order valence-corrected chi connectivity index (χ2v) is 6.63. The van der Waals surface area contributed by atoms with E-state index in [4.69, 9.17) is 0 Å². The van der Waals surface area contributed by atoms with Crippen molar-refractivity contribution in [1.29, 1.82) is 0 Å². The third-order valence-electron chi connectivity index (χ3n) is 3.80. The fraction of sp³-hybridized carbons (Fsp3) is 0.158. The average Bonchev–Trinajstić information content (AvgIpc) is 3.14. The van der Waals surface area contributed by atoms with Gasteiger partial charge in [0.1, 0.15) is 0 Å². The van der Waals surface area contributed by atoms with Gasteiger partial charge < -0.3 is 0 Å². The molecule has 0 aliphatic rings. The number of rotatable bonds is 5. The van der Waals surface area contributed by atoms with Crippen LogP contribution in [0.3, 0.4) is 0 Å². The second kappa shape index (κ2) is 6.75. The fourth-order valence-electron chi connectivity index (χ4n) is 2.36. The third kappa shape index (κ3) is 3.66. The standard InChI is InChI=1S/C19H18N2OS/c1-14-18(13-20-21(14)2)19(22)11-10-16-8-9-17(23-16)12-15-6-4-3-5-7-15/h3-11,13H,12H2,1-2H3/b11-10+. The molecule has 2 heterocycles. The normalized spacial score (nSPS) is 11.2. The topological polar surface area (TPSA) is 34.9 Å². The molecule has 2 aromatic heterocycles. The van der Waals surface area contributed by atoms with Crippen LogP contribution < -0.4 is 0 Å². The number of thiophene rings is 1. The SMILES string of the molecule is Cc1c(C(=O)/C=C/c2ccc(Cc3ccccc3)s2)cnn1C. The Morgan fingerprint density at radius 2 is 2.00 bits per heavy atom. The Bertz CT molecular complexity index is 843. The number of ketones is 1. The molecule has 4 heteroatoms. The minimum absolute atomic E-state index is 0.00592. The molecule has 1 aromatic carbocycles. The van der Waals surface area contributed by atoms with Crippen LogP contribution in [-0.2, 0) is 13.5 Å². The molecule has 0 saturated heterocycles. The van der Waals surface area contributed by atoms with Gasteiger partial charge in [-0.1, -0.05) is 30.3 Å². The molecule has 3 rings (SSSR count). The zero-order valence-corrected chi connectivity index (χ0v) is 14.0. The molecule has 0 saturated carbocycles. The Morgan fingerprint density at radius 1 is 1.22 bits per heavy atom. The number of aryl methyl sites for hydroxylation is 1. The lowest BCUT2D eigenvalue weighted by Crippen LogP contribution is -1.98. The summed E-state index contributed by atoms with van der Waals surface area (Å²) in [5.74, 6) is -0.00592. The Kier molecular flexibility index (Phi) is 4.53. The lowest BCUT2D eigenvalue weighted by Gasteiger charge is -1.97. The highest BCUT2D eigenvalue weighted by Gasteiger charge is 2.09.